The molecule has 3 heterocycles. The van der Waals surface area contributed by atoms with Crippen LogP contribution in [-0.2, 0) is 28.3 Å². The standard InChI is InChI=1S/C22H30N6O4S.C11H22O2/c1-5-7-17-19-20(27(4)25-17)22(29)24-21(23-19)16-14-15(8-9-18(16)32-6-2)33(30,31)28-12-10-26(3)11-13-28;1-2-3-4-5-6-7-8-9-10-11(12)13/h8-9,14H,5-7,10-13H2,1-4H3,(H,23,24,29);2-10H2,1H3,(H,12,13). The number of unbranched alkanes of at least 4 members (excludes halogenated alkanes) is 7. The van der Waals surface area contributed by atoms with Gasteiger partial charge in [-0.1, -0.05) is 65.2 Å². The van der Waals surface area contributed by atoms with E-state index < -0.39 is 16.0 Å². The molecule has 12 nitrogen and oxygen atoms in total. The van der Waals surface area contributed by atoms with Crippen LogP contribution in [0.2, 0.25) is 0 Å². The highest BCUT2D eigenvalue weighted by Gasteiger charge is 2.29. The molecule has 1 fully saturated rings. The fraction of sp³-hybridized carbons (Fsp3) is 0.636. The minimum atomic E-state index is -3.70. The second-order valence-corrected chi connectivity index (χ2v) is 13.8. The molecule has 0 aliphatic carbocycles. The number of rotatable bonds is 16. The molecule has 2 aromatic heterocycles. The molecule has 4 rings (SSSR count). The molecule has 0 spiro atoms. The molecule has 256 valence electrons. The first-order valence-corrected chi connectivity index (χ1v) is 18.1. The summed E-state index contributed by atoms with van der Waals surface area (Å²) in [5.74, 6) is 0.0565. The number of aromatic nitrogens is 4. The Bertz CT molecular complexity index is 1580. The number of fused-ring (bicyclic) bond motifs is 1. The van der Waals surface area contributed by atoms with Gasteiger partial charge < -0.3 is 19.7 Å². The van der Waals surface area contributed by atoms with Crippen LogP contribution in [0.1, 0.15) is 90.7 Å². The van der Waals surface area contributed by atoms with E-state index in [4.69, 9.17) is 14.8 Å². The van der Waals surface area contributed by atoms with Crippen LogP contribution >= 0.6 is 0 Å². The number of sulfonamides is 1. The van der Waals surface area contributed by atoms with Gasteiger partial charge in [0.2, 0.25) is 10.0 Å². The van der Waals surface area contributed by atoms with Crippen LogP contribution in [0.5, 0.6) is 5.75 Å². The fourth-order valence-electron chi connectivity index (χ4n) is 5.50. The molecule has 1 aliphatic rings. The van der Waals surface area contributed by atoms with Crippen molar-refractivity contribution in [2.24, 2.45) is 7.05 Å². The topological polar surface area (TPSA) is 151 Å². The zero-order valence-electron chi connectivity index (χ0n) is 28.2. The predicted octanol–water partition coefficient (Wildman–Crippen LogP) is 5.21. The summed E-state index contributed by atoms with van der Waals surface area (Å²) in [7, 11) is -0.00831. The normalized spacial score (nSPS) is 14.3. The molecule has 0 amide bonds. The van der Waals surface area contributed by atoms with Crippen LogP contribution in [0, 0.1) is 0 Å². The number of hydrogen-bond acceptors (Lipinski definition) is 8. The van der Waals surface area contributed by atoms with Crippen molar-refractivity contribution >= 4 is 27.0 Å². The molecule has 1 aliphatic heterocycles. The lowest BCUT2D eigenvalue weighted by atomic mass is 10.1. The zero-order chi connectivity index (χ0) is 33.7. The summed E-state index contributed by atoms with van der Waals surface area (Å²) in [6.07, 6.45) is 11.6. The van der Waals surface area contributed by atoms with Gasteiger partial charge in [-0.05, 0) is 45.0 Å². The molecular weight excluding hydrogens is 608 g/mol. The van der Waals surface area contributed by atoms with Crippen molar-refractivity contribution < 1.29 is 23.1 Å². The maximum Gasteiger partial charge on any atom is 0.303 e. The van der Waals surface area contributed by atoms with Crippen LogP contribution in [0.3, 0.4) is 0 Å². The summed E-state index contributed by atoms with van der Waals surface area (Å²) >= 11 is 0. The number of carbonyl (C=O) groups is 1. The van der Waals surface area contributed by atoms with Gasteiger partial charge in [-0.25, -0.2) is 13.4 Å². The summed E-state index contributed by atoms with van der Waals surface area (Å²) in [5, 5.41) is 12.8. The van der Waals surface area contributed by atoms with Crippen molar-refractivity contribution in [3.63, 3.8) is 0 Å². The predicted molar refractivity (Wildman–Crippen MR) is 181 cm³/mol. The van der Waals surface area contributed by atoms with Crippen molar-refractivity contribution in [3.05, 3.63) is 34.2 Å². The summed E-state index contributed by atoms with van der Waals surface area (Å²) in [6, 6.07) is 4.71. The Hall–Kier alpha value is -3.29. The number of aliphatic carboxylic acids is 1. The van der Waals surface area contributed by atoms with E-state index >= 15 is 0 Å². The zero-order valence-corrected chi connectivity index (χ0v) is 29.0. The molecule has 2 N–H and O–H groups in total. The third-order valence-electron chi connectivity index (χ3n) is 8.10. The number of carboxylic acid groups (broad SMARTS) is 1. The van der Waals surface area contributed by atoms with Gasteiger partial charge in [-0.2, -0.15) is 9.40 Å². The lowest BCUT2D eigenvalue weighted by molar-refractivity contribution is -0.137. The molecule has 46 heavy (non-hydrogen) atoms. The number of aromatic amines is 1. The van der Waals surface area contributed by atoms with E-state index in [1.807, 2.05) is 20.9 Å². The second kappa shape index (κ2) is 18.2. The van der Waals surface area contributed by atoms with Gasteiger partial charge in [0.05, 0.1) is 22.8 Å². The molecule has 0 radical (unpaired) electrons. The number of piperazine rings is 1. The lowest BCUT2D eigenvalue weighted by Crippen LogP contribution is -2.47. The number of hydrogen-bond donors (Lipinski definition) is 2. The van der Waals surface area contributed by atoms with Gasteiger partial charge in [0.15, 0.2) is 5.52 Å². The third kappa shape index (κ3) is 10.1. The summed E-state index contributed by atoms with van der Waals surface area (Å²) in [4.78, 5) is 32.8. The van der Waals surface area contributed by atoms with Gasteiger partial charge >= 0.3 is 5.97 Å². The molecule has 1 saturated heterocycles. The molecule has 0 bridgehead atoms. The van der Waals surface area contributed by atoms with Crippen LogP contribution < -0.4 is 10.3 Å². The molecular formula is C33H52N6O6S. The van der Waals surface area contributed by atoms with E-state index in [0.29, 0.717) is 68.0 Å². The van der Waals surface area contributed by atoms with Crippen molar-refractivity contribution in [2.45, 2.75) is 96.3 Å². The number of carboxylic acids is 1. The average molecular weight is 661 g/mol. The van der Waals surface area contributed by atoms with Crippen LogP contribution in [0.25, 0.3) is 22.4 Å². The number of H-pyrrole nitrogens is 1. The number of aryl methyl sites for hydroxylation is 2. The lowest BCUT2D eigenvalue weighted by Gasteiger charge is -2.31. The van der Waals surface area contributed by atoms with Gasteiger partial charge in [0.1, 0.15) is 17.1 Å². The highest BCUT2D eigenvalue weighted by molar-refractivity contribution is 7.89. The first kappa shape index (κ1) is 37.2. The quantitative estimate of drug-likeness (QED) is 0.197. The Morgan fingerprint density at radius 2 is 1.61 bits per heavy atom. The molecule has 0 saturated carbocycles. The van der Waals surface area contributed by atoms with Crippen molar-refractivity contribution in [2.75, 3.05) is 39.8 Å². The SMILES string of the molecule is CCCCCCCCCCC(=O)O.CCCc1nn(C)c2c(=O)[nH]c(-c3cc(S(=O)(=O)N4CCN(C)CC4)ccc3OCC)nc12. The third-order valence-corrected chi connectivity index (χ3v) is 9.99. The highest BCUT2D eigenvalue weighted by Crippen LogP contribution is 2.32. The first-order chi connectivity index (χ1) is 22.0. The molecule has 3 aromatic rings. The van der Waals surface area contributed by atoms with Gasteiger partial charge in [0.25, 0.3) is 5.56 Å². The summed E-state index contributed by atoms with van der Waals surface area (Å²) in [5.41, 5.74) is 1.75. The monoisotopic (exact) mass is 660 g/mol. The van der Waals surface area contributed by atoms with E-state index in [0.717, 1.165) is 25.0 Å². The minimum Gasteiger partial charge on any atom is -0.493 e. The van der Waals surface area contributed by atoms with E-state index in [1.165, 1.54) is 47.5 Å². The number of ether oxygens (including phenoxy) is 1. The molecule has 0 atom stereocenters. The summed E-state index contributed by atoms with van der Waals surface area (Å²) < 4.78 is 35.4. The van der Waals surface area contributed by atoms with E-state index in [1.54, 1.807) is 25.2 Å². The Morgan fingerprint density at radius 3 is 2.22 bits per heavy atom. The van der Waals surface area contributed by atoms with Crippen molar-refractivity contribution in [1.82, 2.24) is 29.0 Å². The maximum absolute atomic E-state index is 13.3. The van der Waals surface area contributed by atoms with Gasteiger partial charge in [-0.15, -0.1) is 0 Å². The van der Waals surface area contributed by atoms with Crippen molar-refractivity contribution in [1.29, 1.82) is 0 Å². The van der Waals surface area contributed by atoms with E-state index in [9.17, 15) is 18.0 Å². The van der Waals surface area contributed by atoms with Crippen LogP contribution in [-0.4, -0.2) is 88.3 Å². The Morgan fingerprint density at radius 1 is 0.957 bits per heavy atom. The second-order valence-electron chi connectivity index (χ2n) is 11.8. The Labute approximate surface area is 273 Å². The Kier molecular flexibility index (Phi) is 14.7. The van der Waals surface area contributed by atoms with Crippen molar-refractivity contribution in [3.8, 4) is 17.1 Å². The molecule has 13 heteroatoms. The number of likely N-dealkylation sites (N-methyl/N-ethyl adjacent to an activating group) is 1. The average Bonchev–Trinajstić information content (AvgIpc) is 3.34. The van der Waals surface area contributed by atoms with E-state index in [-0.39, 0.29) is 16.3 Å². The maximum atomic E-state index is 13.3. The number of nitrogens with zero attached hydrogens (tertiary/aromatic N) is 5. The van der Waals surface area contributed by atoms with Gasteiger partial charge in [-0.3, -0.25) is 14.3 Å². The molecule has 1 aromatic carbocycles. The molecule has 0 unspecified atom stereocenters. The number of nitrogens with one attached hydrogen (secondary N) is 1. The van der Waals surface area contributed by atoms with Crippen LogP contribution in [0.15, 0.2) is 27.9 Å². The largest absolute Gasteiger partial charge is 0.493 e. The van der Waals surface area contributed by atoms with Gasteiger partial charge in [0, 0.05) is 39.6 Å². The first-order valence-electron chi connectivity index (χ1n) is 16.7. The highest BCUT2D eigenvalue weighted by atomic mass is 32.2. The Balaban J connectivity index is 0.000000376. The number of benzene rings is 1. The minimum absolute atomic E-state index is 0.147. The smallest absolute Gasteiger partial charge is 0.303 e. The summed E-state index contributed by atoms with van der Waals surface area (Å²) in [6.45, 7) is 8.69. The van der Waals surface area contributed by atoms with Crippen LogP contribution in [0.4, 0.5) is 0 Å². The fourth-order valence-corrected chi connectivity index (χ4v) is 6.95. The van der Waals surface area contributed by atoms with E-state index in [2.05, 4.69) is 21.9 Å².